The highest BCUT2D eigenvalue weighted by Gasteiger charge is 2.19. The number of nitrogens with zero attached hydrogens (tertiary/aromatic N) is 2. The fraction of sp³-hybridized carbons (Fsp3) is 0.190. The van der Waals surface area contributed by atoms with E-state index in [9.17, 15) is 9.59 Å². The second kappa shape index (κ2) is 7.35. The molecule has 0 unspecified atom stereocenters. The van der Waals surface area contributed by atoms with Gasteiger partial charge in [0.05, 0.1) is 11.2 Å². The first-order valence-electron chi connectivity index (χ1n) is 8.44. The standard InChI is InChI=1S/C21H21N3O2/c1-14-9-10-18(15(2)12-14)23-20(26)13-24(16(3)25)19-8-4-6-17-7-5-11-22-21(17)19/h4-12H,13H2,1-3H3,(H,23,26). The van der Waals surface area contributed by atoms with Crippen molar-refractivity contribution in [2.45, 2.75) is 20.8 Å². The van der Waals surface area contributed by atoms with Crippen molar-refractivity contribution < 1.29 is 9.59 Å². The molecule has 0 radical (unpaired) electrons. The molecule has 2 aromatic carbocycles. The minimum atomic E-state index is -0.250. The van der Waals surface area contributed by atoms with E-state index >= 15 is 0 Å². The summed E-state index contributed by atoms with van der Waals surface area (Å²) in [6, 6.07) is 15.2. The van der Waals surface area contributed by atoms with Crippen LogP contribution in [0.1, 0.15) is 18.1 Å². The van der Waals surface area contributed by atoms with E-state index in [0.717, 1.165) is 22.2 Å². The van der Waals surface area contributed by atoms with Crippen LogP contribution in [0.3, 0.4) is 0 Å². The van der Waals surface area contributed by atoms with Gasteiger partial charge >= 0.3 is 0 Å². The van der Waals surface area contributed by atoms with E-state index in [1.54, 1.807) is 12.3 Å². The number of para-hydroxylation sites is 1. The molecule has 0 spiro atoms. The van der Waals surface area contributed by atoms with E-state index in [4.69, 9.17) is 0 Å². The molecule has 3 rings (SSSR count). The first kappa shape index (κ1) is 17.6. The van der Waals surface area contributed by atoms with Crippen molar-refractivity contribution in [2.24, 2.45) is 0 Å². The first-order chi connectivity index (χ1) is 12.5. The molecule has 0 aliphatic rings. The van der Waals surface area contributed by atoms with Crippen LogP contribution in [0, 0.1) is 13.8 Å². The van der Waals surface area contributed by atoms with Crippen LogP contribution in [0.5, 0.6) is 0 Å². The predicted octanol–water partition coefficient (Wildman–Crippen LogP) is 3.84. The Hall–Kier alpha value is -3.21. The smallest absolute Gasteiger partial charge is 0.244 e. The fourth-order valence-corrected chi connectivity index (χ4v) is 2.96. The molecule has 0 aliphatic carbocycles. The van der Waals surface area contributed by atoms with Crippen LogP contribution in [0.4, 0.5) is 11.4 Å². The Morgan fingerprint density at radius 2 is 1.85 bits per heavy atom. The van der Waals surface area contributed by atoms with Crippen molar-refractivity contribution >= 4 is 34.1 Å². The zero-order valence-electron chi connectivity index (χ0n) is 15.1. The second-order valence-corrected chi connectivity index (χ2v) is 6.32. The van der Waals surface area contributed by atoms with Gasteiger partial charge in [0.1, 0.15) is 6.54 Å². The van der Waals surface area contributed by atoms with E-state index in [-0.39, 0.29) is 18.4 Å². The monoisotopic (exact) mass is 347 g/mol. The lowest BCUT2D eigenvalue weighted by atomic mass is 10.1. The molecule has 5 heteroatoms. The third-order valence-corrected chi connectivity index (χ3v) is 4.24. The van der Waals surface area contributed by atoms with E-state index in [1.807, 2.05) is 56.3 Å². The Labute approximate surface area is 152 Å². The maximum atomic E-state index is 12.5. The average molecular weight is 347 g/mol. The van der Waals surface area contributed by atoms with Gasteiger partial charge in [0, 0.05) is 24.2 Å². The zero-order valence-corrected chi connectivity index (χ0v) is 15.1. The van der Waals surface area contributed by atoms with Gasteiger partial charge in [0.25, 0.3) is 0 Å². The SMILES string of the molecule is CC(=O)N(CC(=O)Nc1ccc(C)cc1C)c1cccc2cccnc12. The van der Waals surface area contributed by atoms with Gasteiger partial charge in [-0.3, -0.25) is 14.6 Å². The van der Waals surface area contributed by atoms with Gasteiger partial charge in [-0.15, -0.1) is 0 Å². The third-order valence-electron chi connectivity index (χ3n) is 4.24. The molecule has 3 aromatic rings. The highest BCUT2D eigenvalue weighted by molar-refractivity contribution is 6.06. The van der Waals surface area contributed by atoms with Gasteiger partial charge in [-0.2, -0.15) is 0 Å². The van der Waals surface area contributed by atoms with Gasteiger partial charge in [-0.25, -0.2) is 0 Å². The summed E-state index contributed by atoms with van der Waals surface area (Å²) in [6.45, 7) is 5.33. The Bertz CT molecular complexity index is 977. The molecular weight excluding hydrogens is 326 g/mol. The van der Waals surface area contributed by atoms with E-state index in [1.165, 1.54) is 11.8 Å². The van der Waals surface area contributed by atoms with Crippen molar-refractivity contribution in [3.05, 3.63) is 65.9 Å². The molecule has 0 saturated carbocycles. The molecule has 0 aliphatic heterocycles. The van der Waals surface area contributed by atoms with Crippen LogP contribution in [0.2, 0.25) is 0 Å². The number of amides is 2. The first-order valence-corrected chi connectivity index (χ1v) is 8.44. The normalized spacial score (nSPS) is 10.6. The number of rotatable bonds is 4. The molecule has 2 amide bonds. The molecule has 5 nitrogen and oxygen atoms in total. The molecule has 0 atom stereocenters. The van der Waals surface area contributed by atoms with Crippen LogP contribution in [-0.4, -0.2) is 23.3 Å². The molecule has 26 heavy (non-hydrogen) atoms. The molecule has 1 aromatic heterocycles. The number of hydrogen-bond acceptors (Lipinski definition) is 3. The summed E-state index contributed by atoms with van der Waals surface area (Å²) in [7, 11) is 0. The van der Waals surface area contributed by atoms with Crippen molar-refractivity contribution in [1.82, 2.24) is 4.98 Å². The van der Waals surface area contributed by atoms with Gasteiger partial charge in [-0.1, -0.05) is 35.9 Å². The molecule has 0 fully saturated rings. The number of fused-ring (bicyclic) bond motifs is 1. The van der Waals surface area contributed by atoms with Crippen molar-refractivity contribution in [3.8, 4) is 0 Å². The fourth-order valence-electron chi connectivity index (χ4n) is 2.96. The minimum absolute atomic E-state index is 0.0711. The molecule has 1 heterocycles. The highest BCUT2D eigenvalue weighted by Crippen LogP contribution is 2.25. The van der Waals surface area contributed by atoms with Crippen LogP contribution in [-0.2, 0) is 9.59 Å². The number of aromatic nitrogens is 1. The summed E-state index contributed by atoms with van der Waals surface area (Å²) in [5.41, 5.74) is 4.20. The Morgan fingerprint density at radius 1 is 1.08 bits per heavy atom. The lowest BCUT2D eigenvalue weighted by Crippen LogP contribution is -2.37. The average Bonchev–Trinajstić information content (AvgIpc) is 2.61. The number of anilines is 2. The second-order valence-electron chi connectivity index (χ2n) is 6.32. The number of carbonyl (C=O) groups excluding carboxylic acids is 2. The molecular formula is C21H21N3O2. The van der Waals surface area contributed by atoms with Gasteiger partial charge in [-0.05, 0) is 37.6 Å². The van der Waals surface area contributed by atoms with Gasteiger partial charge in [0.15, 0.2) is 0 Å². The van der Waals surface area contributed by atoms with E-state index in [2.05, 4.69) is 10.3 Å². The topological polar surface area (TPSA) is 62.3 Å². The molecule has 0 bridgehead atoms. The third kappa shape index (κ3) is 3.72. The van der Waals surface area contributed by atoms with Crippen LogP contribution in [0.25, 0.3) is 10.9 Å². The van der Waals surface area contributed by atoms with Gasteiger partial charge in [0.2, 0.25) is 11.8 Å². The lowest BCUT2D eigenvalue weighted by Gasteiger charge is -2.22. The molecule has 1 N–H and O–H groups in total. The van der Waals surface area contributed by atoms with Crippen LogP contribution in [0.15, 0.2) is 54.7 Å². The number of hydrogen-bond donors (Lipinski definition) is 1. The van der Waals surface area contributed by atoms with E-state index in [0.29, 0.717) is 11.2 Å². The lowest BCUT2D eigenvalue weighted by molar-refractivity contribution is -0.120. The van der Waals surface area contributed by atoms with E-state index < -0.39 is 0 Å². The van der Waals surface area contributed by atoms with Gasteiger partial charge < -0.3 is 10.2 Å². The van der Waals surface area contributed by atoms with Crippen molar-refractivity contribution in [3.63, 3.8) is 0 Å². The van der Waals surface area contributed by atoms with Crippen molar-refractivity contribution in [1.29, 1.82) is 0 Å². The zero-order chi connectivity index (χ0) is 18.7. The Morgan fingerprint density at radius 3 is 2.58 bits per heavy atom. The highest BCUT2D eigenvalue weighted by atomic mass is 16.2. The number of nitrogens with one attached hydrogen (secondary N) is 1. The Kier molecular flexibility index (Phi) is 4.98. The maximum absolute atomic E-state index is 12.5. The number of carbonyl (C=O) groups is 2. The summed E-state index contributed by atoms with van der Waals surface area (Å²) < 4.78 is 0. The number of pyridine rings is 1. The quantitative estimate of drug-likeness (QED) is 0.780. The number of benzene rings is 2. The summed E-state index contributed by atoms with van der Waals surface area (Å²) in [6.07, 6.45) is 1.68. The summed E-state index contributed by atoms with van der Waals surface area (Å²) in [4.78, 5) is 30.6. The number of aryl methyl sites for hydroxylation is 2. The maximum Gasteiger partial charge on any atom is 0.244 e. The van der Waals surface area contributed by atoms with Crippen LogP contribution >= 0.6 is 0 Å². The predicted molar refractivity (Wildman–Crippen MR) is 104 cm³/mol. The van der Waals surface area contributed by atoms with Crippen LogP contribution < -0.4 is 10.2 Å². The molecule has 0 saturated heterocycles. The summed E-state index contributed by atoms with van der Waals surface area (Å²) in [5.74, 6) is -0.459. The van der Waals surface area contributed by atoms with Crippen molar-refractivity contribution in [2.75, 3.05) is 16.8 Å². The largest absolute Gasteiger partial charge is 0.324 e. The summed E-state index contributed by atoms with van der Waals surface area (Å²) >= 11 is 0. The molecule has 132 valence electrons. The summed E-state index contributed by atoms with van der Waals surface area (Å²) in [5, 5.41) is 3.81. The Balaban J connectivity index is 1.86. The minimum Gasteiger partial charge on any atom is -0.324 e.